The number of rotatable bonds is 0. The van der Waals surface area contributed by atoms with Crippen molar-refractivity contribution < 1.29 is 0 Å². The molecule has 1 aliphatic heterocycles. The maximum atomic E-state index is 2.92. The predicted octanol–water partition coefficient (Wildman–Crippen LogP) is -0.678. The van der Waals surface area contributed by atoms with Crippen LogP contribution < -0.4 is 5.43 Å². The van der Waals surface area contributed by atoms with Crippen LogP contribution in [0.25, 0.3) is 0 Å². The Kier molecular flexibility index (Phi) is 1.27. The van der Waals surface area contributed by atoms with Gasteiger partial charge in [0.2, 0.25) is 0 Å². The van der Waals surface area contributed by atoms with Crippen LogP contribution in [0.15, 0.2) is 0 Å². The highest BCUT2D eigenvalue weighted by Crippen LogP contribution is 1.94. The van der Waals surface area contributed by atoms with E-state index in [1.54, 1.807) is 0 Å². The van der Waals surface area contributed by atoms with Crippen LogP contribution in [0.1, 0.15) is 0 Å². The lowest BCUT2D eigenvalue weighted by atomic mass is 10.7. The molecule has 1 rings (SSSR count). The van der Waals surface area contributed by atoms with E-state index in [0.29, 0.717) is 0 Å². The van der Waals surface area contributed by atoms with Gasteiger partial charge in [0.05, 0.1) is 6.54 Å². The summed E-state index contributed by atoms with van der Waals surface area (Å²) in [4.78, 5) is 0. The molecule has 0 atom stereocenters. The third kappa shape index (κ3) is 0.907. The molecule has 7 heavy (non-hydrogen) atoms. The highest BCUT2D eigenvalue weighted by Gasteiger charge is 2.11. The van der Waals surface area contributed by atoms with Crippen molar-refractivity contribution in [3.8, 4) is 0 Å². The van der Waals surface area contributed by atoms with E-state index in [4.69, 9.17) is 0 Å². The van der Waals surface area contributed by atoms with Crippen molar-refractivity contribution in [2.24, 2.45) is 0 Å². The zero-order valence-electron chi connectivity index (χ0n) is 4.60. The van der Waals surface area contributed by atoms with Gasteiger partial charge in [-0.1, -0.05) is 0 Å². The lowest BCUT2D eigenvalue weighted by Crippen LogP contribution is -2.34. The smallest absolute Gasteiger partial charge is 0.0935 e. The van der Waals surface area contributed by atoms with Crippen molar-refractivity contribution in [1.29, 1.82) is 0 Å². The van der Waals surface area contributed by atoms with Crippen LogP contribution in [0.3, 0.4) is 0 Å². The molecule has 2 radical (unpaired) electrons. The standard InChI is InChI=1S/C4H9N3/c1-6-4-3-5-7(6)2/h5H,4H2,1-2H3. The minimum Gasteiger partial charge on any atom is -0.230 e. The van der Waals surface area contributed by atoms with Crippen LogP contribution >= 0.6 is 0 Å². The second-order valence-electron chi connectivity index (χ2n) is 1.63. The summed E-state index contributed by atoms with van der Waals surface area (Å²) in [5.41, 5.74) is 2.88. The van der Waals surface area contributed by atoms with Gasteiger partial charge in [-0.25, -0.2) is 10.4 Å². The Morgan fingerprint density at radius 2 is 2.29 bits per heavy atom. The fraction of sp³-hybridized carbons (Fsp3) is 0.750. The van der Waals surface area contributed by atoms with E-state index in [9.17, 15) is 0 Å². The maximum Gasteiger partial charge on any atom is 0.0935 e. The van der Waals surface area contributed by atoms with Gasteiger partial charge in [-0.05, 0) is 0 Å². The summed E-state index contributed by atoms with van der Waals surface area (Å²) in [5, 5.41) is 3.89. The molecule has 0 unspecified atom stereocenters. The van der Waals surface area contributed by atoms with Gasteiger partial charge in [-0.15, -0.1) is 0 Å². The summed E-state index contributed by atoms with van der Waals surface area (Å²) in [6.07, 6.45) is 0. The van der Waals surface area contributed by atoms with E-state index in [-0.39, 0.29) is 0 Å². The second kappa shape index (κ2) is 1.78. The highest BCUT2D eigenvalue weighted by atomic mass is 15.8. The molecule has 0 aliphatic carbocycles. The summed E-state index contributed by atoms with van der Waals surface area (Å²) in [5.74, 6) is 0. The molecule has 0 saturated carbocycles. The van der Waals surface area contributed by atoms with Crippen LogP contribution in [-0.4, -0.2) is 30.8 Å². The highest BCUT2D eigenvalue weighted by molar-refractivity contribution is 4.67. The Labute approximate surface area is 43.8 Å². The molecule has 0 bridgehead atoms. The van der Waals surface area contributed by atoms with Crippen molar-refractivity contribution in [3.05, 3.63) is 6.54 Å². The molecule has 40 valence electrons. The lowest BCUT2D eigenvalue weighted by Gasteiger charge is -2.16. The van der Waals surface area contributed by atoms with Crippen LogP contribution in [0.4, 0.5) is 0 Å². The minimum absolute atomic E-state index is 0.872. The molecule has 0 aromatic heterocycles. The van der Waals surface area contributed by atoms with E-state index in [1.165, 1.54) is 0 Å². The molecule has 1 aliphatic rings. The first-order valence-corrected chi connectivity index (χ1v) is 2.24. The van der Waals surface area contributed by atoms with E-state index in [0.717, 1.165) is 6.54 Å². The zero-order chi connectivity index (χ0) is 5.28. The summed E-state index contributed by atoms with van der Waals surface area (Å²) in [7, 11) is 3.94. The van der Waals surface area contributed by atoms with Gasteiger partial charge in [0, 0.05) is 20.6 Å². The molecule has 3 heteroatoms. The molecular weight excluding hydrogens is 90.1 g/mol. The lowest BCUT2D eigenvalue weighted by molar-refractivity contribution is 0.0463. The molecule has 1 fully saturated rings. The van der Waals surface area contributed by atoms with Crippen molar-refractivity contribution >= 4 is 0 Å². The summed E-state index contributed by atoms with van der Waals surface area (Å²) in [6.45, 7) is 3.80. The molecule has 0 spiro atoms. The molecule has 1 N–H and O–H groups in total. The van der Waals surface area contributed by atoms with Gasteiger partial charge < -0.3 is 0 Å². The SMILES string of the molecule is CN1C[C]NN1C. The topological polar surface area (TPSA) is 18.5 Å². The van der Waals surface area contributed by atoms with E-state index in [2.05, 4.69) is 12.0 Å². The van der Waals surface area contributed by atoms with Crippen LogP contribution in [0.2, 0.25) is 0 Å². The maximum absolute atomic E-state index is 2.92. The monoisotopic (exact) mass is 99.1 g/mol. The van der Waals surface area contributed by atoms with Crippen molar-refractivity contribution in [3.63, 3.8) is 0 Å². The number of nitrogens with one attached hydrogen (secondary N) is 1. The molecular formula is C4H9N3. The second-order valence-corrected chi connectivity index (χ2v) is 1.63. The third-order valence-corrected chi connectivity index (χ3v) is 1.06. The van der Waals surface area contributed by atoms with Gasteiger partial charge in [-0.2, -0.15) is 5.12 Å². The Balaban J connectivity index is 2.33. The van der Waals surface area contributed by atoms with Crippen LogP contribution in [0, 0.1) is 6.54 Å². The van der Waals surface area contributed by atoms with Crippen molar-refractivity contribution in [1.82, 2.24) is 15.6 Å². The molecule has 0 amide bonds. The molecule has 3 nitrogen and oxygen atoms in total. The van der Waals surface area contributed by atoms with Crippen LogP contribution in [0.5, 0.6) is 0 Å². The number of likely N-dealkylation sites (N-methyl/N-ethyl adjacent to an activating group) is 1. The summed E-state index contributed by atoms with van der Waals surface area (Å²) in [6, 6.07) is 0. The van der Waals surface area contributed by atoms with E-state index >= 15 is 0 Å². The Morgan fingerprint density at radius 1 is 1.57 bits per heavy atom. The average molecular weight is 99.1 g/mol. The fourth-order valence-corrected chi connectivity index (χ4v) is 0.456. The third-order valence-electron chi connectivity index (χ3n) is 1.06. The first kappa shape index (κ1) is 5.03. The number of nitrogens with zero attached hydrogens (tertiary/aromatic N) is 2. The molecule has 1 heterocycles. The number of hydrazine groups is 2. The predicted molar refractivity (Wildman–Crippen MR) is 26.8 cm³/mol. The summed E-state index contributed by atoms with van der Waals surface area (Å²) < 4.78 is 0. The molecule has 1 saturated heterocycles. The largest absolute Gasteiger partial charge is 0.230 e. The Hall–Kier alpha value is -0.120. The quantitative estimate of drug-likeness (QED) is 0.434. The zero-order valence-corrected chi connectivity index (χ0v) is 4.60. The number of hydrogen-bond donors (Lipinski definition) is 1. The first-order chi connectivity index (χ1) is 3.30. The Morgan fingerprint density at radius 3 is 2.43 bits per heavy atom. The Bertz CT molecular complexity index is 56.0. The van der Waals surface area contributed by atoms with E-state index < -0.39 is 0 Å². The normalized spacial score (nSPS) is 26.6. The fourth-order valence-electron chi connectivity index (χ4n) is 0.456. The first-order valence-electron chi connectivity index (χ1n) is 2.24. The van der Waals surface area contributed by atoms with Gasteiger partial charge in [-0.3, -0.25) is 0 Å². The average Bonchev–Trinajstić information content (AvgIpc) is 1.91. The van der Waals surface area contributed by atoms with Gasteiger partial charge in [0.15, 0.2) is 0 Å². The van der Waals surface area contributed by atoms with Gasteiger partial charge in [0.25, 0.3) is 0 Å². The van der Waals surface area contributed by atoms with Gasteiger partial charge in [0.1, 0.15) is 0 Å². The van der Waals surface area contributed by atoms with Gasteiger partial charge >= 0.3 is 0 Å². The molecule has 0 aromatic carbocycles. The van der Waals surface area contributed by atoms with Crippen molar-refractivity contribution in [2.45, 2.75) is 0 Å². The minimum atomic E-state index is 0.872. The van der Waals surface area contributed by atoms with Crippen molar-refractivity contribution in [2.75, 3.05) is 20.6 Å². The van der Waals surface area contributed by atoms with Crippen LogP contribution in [-0.2, 0) is 0 Å². The molecule has 0 aromatic rings. The summed E-state index contributed by atoms with van der Waals surface area (Å²) >= 11 is 0. The van der Waals surface area contributed by atoms with E-state index in [1.807, 2.05) is 24.2 Å². The number of hydrogen-bond acceptors (Lipinski definition) is 3.